The molecule has 29 heavy (non-hydrogen) atoms. The smallest absolute Gasteiger partial charge is 0.255 e. The van der Waals surface area contributed by atoms with Crippen LogP contribution >= 0.6 is 0 Å². The maximum absolute atomic E-state index is 13.9. The first-order valence-corrected chi connectivity index (χ1v) is 9.84. The van der Waals surface area contributed by atoms with Gasteiger partial charge in [0.05, 0.1) is 6.61 Å². The minimum Gasteiger partial charge on any atom is -0.492 e. The first kappa shape index (κ1) is 21.0. The second kappa shape index (κ2) is 9.65. The van der Waals surface area contributed by atoms with Gasteiger partial charge < -0.3 is 10.5 Å². The molecule has 4 nitrogen and oxygen atoms in total. The number of unbranched alkanes of at least 4 members (excludes halogenated alkanes) is 1. The third kappa shape index (κ3) is 5.41. The molecule has 1 heterocycles. The number of nitrogens with zero attached hydrogens (tertiary/aromatic N) is 1. The number of aryl methyl sites for hydroxylation is 1. The zero-order valence-corrected chi connectivity index (χ0v) is 16.6. The van der Waals surface area contributed by atoms with Gasteiger partial charge >= 0.3 is 0 Å². The molecule has 0 fully saturated rings. The number of amides is 1. The molecule has 0 saturated heterocycles. The molecule has 0 radical (unpaired) electrons. The largest absolute Gasteiger partial charge is 0.492 e. The molecule has 3 rings (SSSR count). The number of primary amides is 1. The van der Waals surface area contributed by atoms with Gasteiger partial charge in [-0.15, -0.1) is 0 Å². The number of ether oxygens (including phenoxy) is 1. The van der Waals surface area contributed by atoms with E-state index in [0.29, 0.717) is 12.2 Å². The van der Waals surface area contributed by atoms with Crippen molar-refractivity contribution in [2.24, 2.45) is 5.73 Å². The number of nitrogens with two attached hydrogens (primary N) is 1. The average Bonchev–Trinajstić information content (AvgIpc) is 2.71. The van der Waals surface area contributed by atoms with E-state index in [1.807, 2.05) is 12.1 Å². The summed E-state index contributed by atoms with van der Waals surface area (Å²) in [5.41, 5.74) is 8.13. The van der Waals surface area contributed by atoms with Gasteiger partial charge in [0.25, 0.3) is 5.91 Å². The normalized spacial score (nSPS) is 14.5. The average molecular weight is 400 g/mol. The van der Waals surface area contributed by atoms with Crippen LogP contribution in [0, 0.1) is 18.6 Å². The summed E-state index contributed by atoms with van der Waals surface area (Å²) in [6, 6.07) is 9.44. The Kier molecular flexibility index (Phi) is 6.99. The highest BCUT2D eigenvalue weighted by molar-refractivity contribution is 5.96. The molecule has 1 aliphatic heterocycles. The van der Waals surface area contributed by atoms with Gasteiger partial charge in [0.2, 0.25) is 0 Å². The molecule has 1 amide bonds. The Bertz CT molecular complexity index is 894. The lowest BCUT2D eigenvalue weighted by atomic mass is 9.99. The van der Waals surface area contributed by atoms with Crippen molar-refractivity contribution in [1.82, 2.24) is 4.90 Å². The van der Waals surface area contributed by atoms with E-state index in [1.165, 1.54) is 23.8 Å². The van der Waals surface area contributed by atoms with Gasteiger partial charge in [0.15, 0.2) is 0 Å². The molecule has 2 aromatic rings. The number of carbonyl (C=O) groups excluding carboxylic acids is 1. The van der Waals surface area contributed by atoms with Crippen LogP contribution in [0.2, 0.25) is 0 Å². The summed E-state index contributed by atoms with van der Waals surface area (Å²) in [5.74, 6) is -1.46. The monoisotopic (exact) mass is 400 g/mol. The zero-order chi connectivity index (χ0) is 20.8. The highest BCUT2D eigenvalue weighted by Gasteiger charge is 2.18. The predicted molar refractivity (Wildman–Crippen MR) is 110 cm³/mol. The molecular formula is C23H26F2N2O2. The first-order valence-electron chi connectivity index (χ1n) is 9.84. The Balaban J connectivity index is 1.44. The number of rotatable bonds is 8. The third-order valence-corrected chi connectivity index (χ3v) is 5.17. The van der Waals surface area contributed by atoms with E-state index in [0.717, 1.165) is 44.5 Å². The van der Waals surface area contributed by atoms with Crippen molar-refractivity contribution in [3.63, 3.8) is 0 Å². The molecule has 2 aromatic carbocycles. The van der Waals surface area contributed by atoms with Gasteiger partial charge in [-0.2, -0.15) is 0 Å². The summed E-state index contributed by atoms with van der Waals surface area (Å²) in [7, 11) is 0. The minimum absolute atomic E-state index is 0.181. The number of carbonyl (C=O) groups is 1. The summed E-state index contributed by atoms with van der Waals surface area (Å²) in [5, 5.41) is 0. The second-order valence-corrected chi connectivity index (χ2v) is 7.28. The standard InChI is InChI=1S/C23H26F2N2O2/c1-16-4-9-20(25)21(23(26)28)22(16)29-15-3-2-12-27-13-10-18(11-14-27)17-5-7-19(24)8-6-17/h4-10H,2-3,11-15H2,1H3,(H2,26,28). The van der Waals surface area contributed by atoms with Crippen LogP contribution in [0.15, 0.2) is 42.5 Å². The molecule has 0 atom stereocenters. The van der Waals surface area contributed by atoms with E-state index >= 15 is 0 Å². The topological polar surface area (TPSA) is 55.6 Å². The van der Waals surface area contributed by atoms with Gasteiger partial charge in [-0.1, -0.05) is 24.3 Å². The van der Waals surface area contributed by atoms with Gasteiger partial charge in [-0.25, -0.2) is 8.78 Å². The van der Waals surface area contributed by atoms with E-state index in [-0.39, 0.29) is 17.1 Å². The Morgan fingerprint density at radius 3 is 2.55 bits per heavy atom. The second-order valence-electron chi connectivity index (χ2n) is 7.28. The molecule has 0 spiro atoms. The van der Waals surface area contributed by atoms with Crippen molar-refractivity contribution in [3.05, 3.63) is 70.8 Å². The molecule has 154 valence electrons. The van der Waals surface area contributed by atoms with Crippen molar-refractivity contribution in [3.8, 4) is 5.75 Å². The van der Waals surface area contributed by atoms with Crippen molar-refractivity contribution in [1.29, 1.82) is 0 Å². The summed E-state index contributed by atoms with van der Waals surface area (Å²) < 4.78 is 32.6. The fourth-order valence-corrected chi connectivity index (χ4v) is 3.53. The lowest BCUT2D eigenvalue weighted by molar-refractivity contribution is 0.0991. The van der Waals surface area contributed by atoms with Crippen molar-refractivity contribution in [2.75, 3.05) is 26.2 Å². The minimum atomic E-state index is -0.821. The fourth-order valence-electron chi connectivity index (χ4n) is 3.53. The van der Waals surface area contributed by atoms with Crippen LogP contribution in [-0.4, -0.2) is 37.0 Å². The zero-order valence-electron chi connectivity index (χ0n) is 16.6. The number of benzene rings is 2. The highest BCUT2D eigenvalue weighted by Crippen LogP contribution is 2.26. The highest BCUT2D eigenvalue weighted by atomic mass is 19.1. The molecule has 0 aliphatic carbocycles. The van der Waals surface area contributed by atoms with Crippen LogP contribution in [0.4, 0.5) is 8.78 Å². The maximum atomic E-state index is 13.9. The third-order valence-electron chi connectivity index (χ3n) is 5.17. The molecule has 0 aromatic heterocycles. The predicted octanol–water partition coefficient (Wildman–Crippen LogP) is 4.32. The summed E-state index contributed by atoms with van der Waals surface area (Å²) >= 11 is 0. The van der Waals surface area contributed by atoms with Crippen LogP contribution in [0.5, 0.6) is 5.75 Å². The van der Waals surface area contributed by atoms with E-state index in [1.54, 1.807) is 13.0 Å². The SMILES string of the molecule is Cc1ccc(F)c(C(N)=O)c1OCCCCN1CC=C(c2ccc(F)cc2)CC1. The van der Waals surface area contributed by atoms with Gasteiger partial charge in [0.1, 0.15) is 22.9 Å². The molecule has 0 bridgehead atoms. The Labute approximate surface area is 170 Å². The summed E-state index contributed by atoms with van der Waals surface area (Å²) in [6.45, 7) is 4.91. The summed E-state index contributed by atoms with van der Waals surface area (Å²) in [6.07, 6.45) is 4.86. The van der Waals surface area contributed by atoms with E-state index < -0.39 is 11.7 Å². The van der Waals surface area contributed by atoms with Crippen LogP contribution in [0.1, 0.15) is 40.7 Å². The number of hydrogen-bond donors (Lipinski definition) is 1. The quantitative estimate of drug-likeness (QED) is 0.672. The number of hydrogen-bond acceptors (Lipinski definition) is 3. The maximum Gasteiger partial charge on any atom is 0.255 e. The molecule has 2 N–H and O–H groups in total. The lowest BCUT2D eigenvalue weighted by Crippen LogP contribution is -2.29. The Morgan fingerprint density at radius 2 is 1.90 bits per heavy atom. The van der Waals surface area contributed by atoms with Crippen LogP contribution in [-0.2, 0) is 0 Å². The van der Waals surface area contributed by atoms with Crippen LogP contribution in [0.25, 0.3) is 5.57 Å². The van der Waals surface area contributed by atoms with Gasteiger partial charge in [0, 0.05) is 13.1 Å². The molecule has 6 heteroatoms. The van der Waals surface area contributed by atoms with E-state index in [2.05, 4.69) is 11.0 Å². The lowest BCUT2D eigenvalue weighted by Gasteiger charge is -2.26. The molecule has 1 aliphatic rings. The molecular weight excluding hydrogens is 374 g/mol. The van der Waals surface area contributed by atoms with Crippen molar-refractivity contribution in [2.45, 2.75) is 26.2 Å². The Morgan fingerprint density at radius 1 is 1.14 bits per heavy atom. The Hall–Kier alpha value is -2.73. The fraction of sp³-hybridized carbons (Fsp3) is 0.348. The van der Waals surface area contributed by atoms with Crippen LogP contribution in [0.3, 0.4) is 0 Å². The molecule has 0 unspecified atom stereocenters. The van der Waals surface area contributed by atoms with Crippen LogP contribution < -0.4 is 10.5 Å². The van der Waals surface area contributed by atoms with Crippen molar-refractivity contribution >= 4 is 11.5 Å². The van der Waals surface area contributed by atoms with E-state index in [9.17, 15) is 13.6 Å². The van der Waals surface area contributed by atoms with Gasteiger partial charge in [-0.05, 0) is 67.6 Å². The van der Waals surface area contributed by atoms with E-state index in [4.69, 9.17) is 10.5 Å². The van der Waals surface area contributed by atoms with Gasteiger partial charge in [-0.3, -0.25) is 9.69 Å². The summed E-state index contributed by atoms with van der Waals surface area (Å²) in [4.78, 5) is 13.9. The molecule has 0 saturated carbocycles. The van der Waals surface area contributed by atoms with Crippen molar-refractivity contribution < 1.29 is 18.3 Å². The number of halogens is 2. The first-order chi connectivity index (χ1) is 14.0.